The number of ether oxygens (including phenoxy) is 1. The second-order valence-electron chi connectivity index (χ2n) is 9.72. The summed E-state index contributed by atoms with van der Waals surface area (Å²) in [5.74, 6) is 1.07. The van der Waals surface area contributed by atoms with Gasteiger partial charge in [-0.1, -0.05) is 0 Å². The van der Waals surface area contributed by atoms with Crippen molar-refractivity contribution in [1.29, 1.82) is 0 Å². The Morgan fingerprint density at radius 2 is 1.71 bits per heavy atom. The van der Waals surface area contributed by atoms with Gasteiger partial charge in [0.1, 0.15) is 5.82 Å². The van der Waals surface area contributed by atoms with Gasteiger partial charge in [-0.15, -0.1) is 0 Å². The molecule has 2 aliphatic heterocycles. The van der Waals surface area contributed by atoms with Gasteiger partial charge in [0, 0.05) is 43.5 Å². The van der Waals surface area contributed by atoms with Crippen LogP contribution in [0.15, 0.2) is 0 Å². The number of morpholine rings is 1. The standard InChI is InChI=1S/C21H35N5O2/c1-14-15(2)22-17(23-18(14)25-10-9-16(11-25)24(7)8)19(27)26-12-20(3,4)28-21(5,6)13-26/h16H,9-13H2,1-8H3/t16-/m1/s1. The Morgan fingerprint density at radius 1 is 1.11 bits per heavy atom. The molecule has 0 N–H and O–H groups in total. The highest BCUT2D eigenvalue weighted by Crippen LogP contribution is 2.30. The van der Waals surface area contributed by atoms with Crippen molar-refractivity contribution in [2.75, 3.05) is 45.2 Å². The summed E-state index contributed by atoms with van der Waals surface area (Å²) < 4.78 is 6.11. The molecule has 2 fully saturated rings. The van der Waals surface area contributed by atoms with Crippen LogP contribution in [0.5, 0.6) is 0 Å². The minimum Gasteiger partial charge on any atom is -0.366 e. The molecule has 7 nitrogen and oxygen atoms in total. The van der Waals surface area contributed by atoms with Gasteiger partial charge in [-0.3, -0.25) is 4.79 Å². The molecule has 0 unspecified atom stereocenters. The molecule has 1 aromatic rings. The van der Waals surface area contributed by atoms with E-state index in [2.05, 4.69) is 28.9 Å². The zero-order valence-electron chi connectivity index (χ0n) is 18.7. The maximum absolute atomic E-state index is 13.3. The fourth-order valence-electron chi connectivity index (χ4n) is 4.45. The molecule has 1 aromatic heterocycles. The molecule has 156 valence electrons. The van der Waals surface area contributed by atoms with Crippen LogP contribution in [-0.2, 0) is 4.74 Å². The molecule has 3 rings (SSSR count). The molecule has 1 atom stereocenters. The highest BCUT2D eigenvalue weighted by Gasteiger charge is 2.41. The first-order valence-electron chi connectivity index (χ1n) is 10.1. The lowest BCUT2D eigenvalue weighted by atomic mass is 9.99. The lowest BCUT2D eigenvalue weighted by molar-refractivity contribution is -0.171. The molecule has 2 aliphatic rings. The summed E-state index contributed by atoms with van der Waals surface area (Å²) >= 11 is 0. The smallest absolute Gasteiger partial charge is 0.291 e. The molecular formula is C21H35N5O2. The molecular weight excluding hydrogens is 354 g/mol. The number of anilines is 1. The van der Waals surface area contributed by atoms with E-state index in [-0.39, 0.29) is 5.91 Å². The lowest BCUT2D eigenvalue weighted by Gasteiger charge is -2.46. The number of amides is 1. The number of nitrogens with zero attached hydrogens (tertiary/aromatic N) is 5. The Hall–Kier alpha value is -1.73. The first-order chi connectivity index (χ1) is 12.9. The second-order valence-corrected chi connectivity index (χ2v) is 9.72. The summed E-state index contributed by atoms with van der Waals surface area (Å²) in [7, 11) is 4.23. The van der Waals surface area contributed by atoms with Crippen molar-refractivity contribution in [3.63, 3.8) is 0 Å². The third-order valence-corrected chi connectivity index (χ3v) is 5.73. The monoisotopic (exact) mass is 389 g/mol. The Morgan fingerprint density at radius 3 is 2.25 bits per heavy atom. The first-order valence-corrected chi connectivity index (χ1v) is 10.1. The Kier molecular flexibility index (Phi) is 5.44. The average molecular weight is 390 g/mol. The number of likely N-dealkylation sites (N-methyl/N-ethyl adjacent to an activating group) is 1. The minimum atomic E-state index is -0.395. The second kappa shape index (κ2) is 7.26. The largest absolute Gasteiger partial charge is 0.366 e. The van der Waals surface area contributed by atoms with Crippen molar-refractivity contribution in [3.05, 3.63) is 17.1 Å². The molecule has 28 heavy (non-hydrogen) atoms. The van der Waals surface area contributed by atoms with Gasteiger partial charge in [0.05, 0.1) is 11.2 Å². The predicted molar refractivity (Wildman–Crippen MR) is 111 cm³/mol. The Bertz CT molecular complexity index is 743. The van der Waals surface area contributed by atoms with E-state index in [1.165, 1.54) is 0 Å². The molecule has 2 saturated heterocycles. The van der Waals surface area contributed by atoms with Crippen LogP contribution in [0.3, 0.4) is 0 Å². The molecule has 3 heterocycles. The van der Waals surface area contributed by atoms with E-state index in [0.717, 1.165) is 36.6 Å². The van der Waals surface area contributed by atoms with E-state index in [1.54, 1.807) is 0 Å². The van der Waals surface area contributed by atoms with Gasteiger partial charge in [0.15, 0.2) is 0 Å². The van der Waals surface area contributed by atoms with Crippen molar-refractivity contribution in [2.24, 2.45) is 0 Å². The van der Waals surface area contributed by atoms with Crippen LogP contribution in [0.1, 0.15) is 56.0 Å². The zero-order valence-corrected chi connectivity index (χ0v) is 18.7. The van der Waals surface area contributed by atoms with Gasteiger partial charge < -0.3 is 19.4 Å². The van der Waals surface area contributed by atoms with E-state index >= 15 is 0 Å². The van der Waals surface area contributed by atoms with Crippen molar-refractivity contribution >= 4 is 11.7 Å². The zero-order chi connectivity index (χ0) is 20.9. The molecule has 0 radical (unpaired) electrons. The van der Waals surface area contributed by atoms with Crippen LogP contribution in [0.2, 0.25) is 0 Å². The van der Waals surface area contributed by atoms with Crippen LogP contribution < -0.4 is 4.90 Å². The molecule has 0 saturated carbocycles. The maximum Gasteiger partial charge on any atom is 0.291 e. The van der Waals surface area contributed by atoms with Gasteiger partial charge in [-0.25, -0.2) is 9.97 Å². The van der Waals surface area contributed by atoms with E-state index < -0.39 is 11.2 Å². The molecule has 0 spiro atoms. The van der Waals surface area contributed by atoms with Crippen LogP contribution >= 0.6 is 0 Å². The number of aryl methyl sites for hydroxylation is 1. The van der Waals surface area contributed by atoms with E-state index in [0.29, 0.717) is 25.0 Å². The van der Waals surface area contributed by atoms with Crippen molar-refractivity contribution in [2.45, 2.75) is 65.2 Å². The van der Waals surface area contributed by atoms with Gasteiger partial charge in [-0.05, 0) is 62.1 Å². The van der Waals surface area contributed by atoms with Crippen molar-refractivity contribution in [1.82, 2.24) is 19.8 Å². The number of carbonyl (C=O) groups excluding carboxylic acids is 1. The van der Waals surface area contributed by atoms with Crippen LogP contribution in [0.4, 0.5) is 5.82 Å². The number of carbonyl (C=O) groups is 1. The summed E-state index contributed by atoms with van der Waals surface area (Å²) in [6, 6.07) is 0.509. The van der Waals surface area contributed by atoms with E-state index in [9.17, 15) is 4.79 Å². The third-order valence-electron chi connectivity index (χ3n) is 5.73. The molecule has 7 heteroatoms. The van der Waals surface area contributed by atoms with Crippen LogP contribution in [-0.4, -0.2) is 83.2 Å². The summed E-state index contributed by atoms with van der Waals surface area (Å²) in [6.45, 7) is 15.0. The van der Waals surface area contributed by atoms with Crippen molar-refractivity contribution in [3.8, 4) is 0 Å². The molecule has 0 bridgehead atoms. The Labute approximate surface area is 169 Å². The van der Waals surface area contributed by atoms with Crippen LogP contribution in [0.25, 0.3) is 0 Å². The molecule has 0 aromatic carbocycles. The predicted octanol–water partition coefficient (Wildman–Crippen LogP) is 2.26. The van der Waals surface area contributed by atoms with Gasteiger partial charge >= 0.3 is 0 Å². The van der Waals surface area contributed by atoms with E-state index in [1.807, 2.05) is 46.4 Å². The third kappa shape index (κ3) is 4.30. The highest BCUT2D eigenvalue weighted by molar-refractivity contribution is 5.91. The Balaban J connectivity index is 1.88. The SMILES string of the molecule is Cc1nc(C(=O)N2CC(C)(C)OC(C)(C)C2)nc(N2CC[C@@H](N(C)C)C2)c1C. The summed E-state index contributed by atoms with van der Waals surface area (Å²) in [6.07, 6.45) is 1.10. The van der Waals surface area contributed by atoms with Gasteiger partial charge in [-0.2, -0.15) is 0 Å². The fraction of sp³-hybridized carbons (Fsp3) is 0.762. The topological polar surface area (TPSA) is 61.8 Å². The summed E-state index contributed by atoms with van der Waals surface area (Å²) in [4.78, 5) is 29.0. The quantitative estimate of drug-likeness (QED) is 0.790. The van der Waals surface area contributed by atoms with E-state index in [4.69, 9.17) is 9.72 Å². The highest BCUT2D eigenvalue weighted by atomic mass is 16.5. The summed E-state index contributed by atoms with van der Waals surface area (Å²) in [5, 5.41) is 0. The van der Waals surface area contributed by atoms with Crippen molar-refractivity contribution < 1.29 is 9.53 Å². The number of rotatable bonds is 3. The minimum absolute atomic E-state index is 0.114. The number of hydrogen-bond acceptors (Lipinski definition) is 6. The van der Waals surface area contributed by atoms with Gasteiger partial charge in [0.25, 0.3) is 5.91 Å². The first kappa shape index (κ1) is 21.0. The summed E-state index contributed by atoms with van der Waals surface area (Å²) in [5.41, 5.74) is 1.13. The molecule has 1 amide bonds. The molecule has 0 aliphatic carbocycles. The number of hydrogen-bond donors (Lipinski definition) is 0. The normalized spacial score (nSPS) is 24.1. The number of aromatic nitrogens is 2. The lowest BCUT2D eigenvalue weighted by Crippen LogP contribution is -2.58. The van der Waals surface area contributed by atoms with Gasteiger partial charge in [0.2, 0.25) is 5.82 Å². The van der Waals surface area contributed by atoms with Crippen LogP contribution in [0, 0.1) is 13.8 Å². The maximum atomic E-state index is 13.3. The fourth-order valence-corrected chi connectivity index (χ4v) is 4.45. The average Bonchev–Trinajstić information content (AvgIpc) is 3.03.